The van der Waals surface area contributed by atoms with E-state index in [1.54, 1.807) is 0 Å². The van der Waals surface area contributed by atoms with Crippen LogP contribution in [-0.2, 0) is 20.5 Å². The highest BCUT2D eigenvalue weighted by Crippen LogP contribution is 2.12. The van der Waals surface area contributed by atoms with Crippen LogP contribution < -0.4 is 4.72 Å². The van der Waals surface area contributed by atoms with Gasteiger partial charge in [0.05, 0.1) is 11.9 Å². The van der Waals surface area contributed by atoms with Gasteiger partial charge in [0.1, 0.15) is 0 Å². The maximum atomic E-state index is 11.9. The summed E-state index contributed by atoms with van der Waals surface area (Å²) in [6.07, 6.45) is 2.00. The molecule has 0 bridgehead atoms. The summed E-state index contributed by atoms with van der Waals surface area (Å²) in [6.45, 7) is 3.10. The van der Waals surface area contributed by atoms with E-state index in [-0.39, 0.29) is 11.9 Å². The third-order valence-electron chi connectivity index (χ3n) is 3.03. The minimum atomic E-state index is -3.26. The number of aryl methyl sites for hydroxylation is 1. The molecular formula is C13H19NO3S. The molecule has 0 spiro atoms. The molecule has 1 aliphatic rings. The summed E-state index contributed by atoms with van der Waals surface area (Å²) in [5, 5.41) is 0. The SMILES string of the molecule is Cc1ccc(CS(=O)(=O)NC[C@@H]2CCCO2)cc1. The molecule has 1 saturated heterocycles. The third kappa shape index (κ3) is 4.08. The molecule has 0 unspecified atom stereocenters. The Kier molecular flexibility index (Phi) is 4.37. The van der Waals surface area contributed by atoms with Crippen LogP contribution in [0.4, 0.5) is 0 Å². The van der Waals surface area contributed by atoms with Crippen LogP contribution in [0.2, 0.25) is 0 Å². The molecule has 0 radical (unpaired) electrons. The largest absolute Gasteiger partial charge is 0.377 e. The first-order chi connectivity index (χ1) is 8.55. The van der Waals surface area contributed by atoms with E-state index < -0.39 is 10.0 Å². The fraction of sp³-hybridized carbons (Fsp3) is 0.538. The van der Waals surface area contributed by atoms with E-state index in [4.69, 9.17) is 4.74 Å². The molecule has 0 aromatic heterocycles. The maximum Gasteiger partial charge on any atom is 0.215 e. The highest BCUT2D eigenvalue weighted by molar-refractivity contribution is 7.88. The van der Waals surface area contributed by atoms with Crippen LogP contribution in [-0.4, -0.2) is 27.7 Å². The zero-order valence-corrected chi connectivity index (χ0v) is 11.4. The van der Waals surface area contributed by atoms with Crippen LogP contribution in [0.5, 0.6) is 0 Å². The van der Waals surface area contributed by atoms with Crippen LogP contribution in [0.15, 0.2) is 24.3 Å². The van der Waals surface area contributed by atoms with Crippen molar-refractivity contribution in [2.45, 2.75) is 31.6 Å². The van der Waals surface area contributed by atoms with Gasteiger partial charge in [0.25, 0.3) is 0 Å². The molecular weight excluding hydrogens is 250 g/mol. The van der Waals surface area contributed by atoms with Crippen molar-refractivity contribution >= 4 is 10.0 Å². The minimum absolute atomic E-state index is 0.0278. The Hall–Kier alpha value is -0.910. The second kappa shape index (κ2) is 5.82. The van der Waals surface area contributed by atoms with Gasteiger partial charge in [-0.3, -0.25) is 0 Å². The highest BCUT2D eigenvalue weighted by Gasteiger charge is 2.18. The van der Waals surface area contributed by atoms with Crippen molar-refractivity contribution in [1.29, 1.82) is 0 Å². The molecule has 1 atom stereocenters. The van der Waals surface area contributed by atoms with E-state index in [2.05, 4.69) is 4.72 Å². The van der Waals surface area contributed by atoms with E-state index in [1.807, 2.05) is 31.2 Å². The Morgan fingerprint density at radius 3 is 2.67 bits per heavy atom. The van der Waals surface area contributed by atoms with Crippen molar-refractivity contribution in [1.82, 2.24) is 4.72 Å². The number of benzene rings is 1. The van der Waals surface area contributed by atoms with Gasteiger partial charge in [0.2, 0.25) is 10.0 Å². The summed E-state index contributed by atoms with van der Waals surface area (Å²) in [7, 11) is -3.26. The summed E-state index contributed by atoms with van der Waals surface area (Å²) in [5.41, 5.74) is 1.93. The van der Waals surface area contributed by atoms with Crippen molar-refractivity contribution in [2.24, 2.45) is 0 Å². The minimum Gasteiger partial charge on any atom is -0.377 e. The van der Waals surface area contributed by atoms with Crippen LogP contribution in [0.25, 0.3) is 0 Å². The Balaban J connectivity index is 1.88. The molecule has 1 aliphatic heterocycles. The first-order valence-corrected chi connectivity index (χ1v) is 7.85. The lowest BCUT2D eigenvalue weighted by Crippen LogP contribution is -2.32. The van der Waals surface area contributed by atoms with Gasteiger partial charge >= 0.3 is 0 Å². The molecule has 18 heavy (non-hydrogen) atoms. The third-order valence-corrected chi connectivity index (χ3v) is 4.35. The van der Waals surface area contributed by atoms with Gasteiger partial charge in [0.15, 0.2) is 0 Å². The van der Waals surface area contributed by atoms with Crippen molar-refractivity contribution in [2.75, 3.05) is 13.2 Å². The van der Waals surface area contributed by atoms with Crippen molar-refractivity contribution in [3.63, 3.8) is 0 Å². The van der Waals surface area contributed by atoms with Crippen LogP contribution in [0.3, 0.4) is 0 Å². The molecule has 1 aromatic carbocycles. The number of hydrogen-bond acceptors (Lipinski definition) is 3. The predicted octanol–water partition coefficient (Wildman–Crippen LogP) is 1.59. The monoisotopic (exact) mass is 269 g/mol. The molecule has 4 nitrogen and oxygen atoms in total. The van der Waals surface area contributed by atoms with Crippen molar-refractivity contribution in [3.8, 4) is 0 Å². The van der Waals surface area contributed by atoms with E-state index in [1.165, 1.54) is 0 Å². The average molecular weight is 269 g/mol. The number of hydrogen-bond donors (Lipinski definition) is 1. The molecule has 1 heterocycles. The normalized spacial score (nSPS) is 20.2. The van der Waals surface area contributed by atoms with Gasteiger partial charge < -0.3 is 4.74 Å². The van der Waals surface area contributed by atoms with E-state index in [0.29, 0.717) is 6.54 Å². The summed E-state index contributed by atoms with van der Waals surface area (Å²) in [4.78, 5) is 0. The van der Waals surface area contributed by atoms with Gasteiger partial charge in [-0.15, -0.1) is 0 Å². The van der Waals surface area contributed by atoms with Gasteiger partial charge in [-0.1, -0.05) is 29.8 Å². The second-order valence-corrected chi connectivity index (χ2v) is 6.54. The molecule has 1 N–H and O–H groups in total. The number of ether oxygens (including phenoxy) is 1. The van der Waals surface area contributed by atoms with Crippen LogP contribution in [0, 0.1) is 6.92 Å². The first kappa shape index (κ1) is 13.5. The average Bonchev–Trinajstić information content (AvgIpc) is 2.83. The smallest absolute Gasteiger partial charge is 0.215 e. The summed E-state index contributed by atoms with van der Waals surface area (Å²) in [5.74, 6) is 0.0278. The Morgan fingerprint density at radius 2 is 2.06 bits per heavy atom. The Bertz CT molecular complexity index is 475. The zero-order valence-electron chi connectivity index (χ0n) is 10.6. The molecule has 100 valence electrons. The number of sulfonamides is 1. The second-order valence-electron chi connectivity index (χ2n) is 4.73. The Labute approximate surface area is 108 Å². The molecule has 1 aromatic rings. The summed E-state index contributed by atoms with van der Waals surface area (Å²) < 4.78 is 31.7. The number of rotatable bonds is 5. The lowest BCUT2D eigenvalue weighted by atomic mass is 10.2. The fourth-order valence-electron chi connectivity index (χ4n) is 1.98. The lowest BCUT2D eigenvalue weighted by Gasteiger charge is -2.11. The quantitative estimate of drug-likeness (QED) is 0.883. The Morgan fingerprint density at radius 1 is 1.33 bits per heavy atom. The predicted molar refractivity (Wildman–Crippen MR) is 70.8 cm³/mol. The summed E-state index contributed by atoms with van der Waals surface area (Å²) in [6, 6.07) is 7.54. The van der Waals surface area contributed by atoms with Crippen molar-refractivity contribution < 1.29 is 13.2 Å². The van der Waals surface area contributed by atoms with E-state index >= 15 is 0 Å². The topological polar surface area (TPSA) is 55.4 Å². The van der Waals surface area contributed by atoms with Crippen molar-refractivity contribution in [3.05, 3.63) is 35.4 Å². The van der Waals surface area contributed by atoms with E-state index in [9.17, 15) is 8.42 Å². The molecule has 0 aliphatic carbocycles. The number of nitrogens with one attached hydrogen (secondary N) is 1. The van der Waals surface area contributed by atoms with Gasteiger partial charge in [0, 0.05) is 13.2 Å². The lowest BCUT2D eigenvalue weighted by molar-refractivity contribution is 0.114. The highest BCUT2D eigenvalue weighted by atomic mass is 32.2. The zero-order chi connectivity index (χ0) is 13.0. The van der Waals surface area contributed by atoms with E-state index in [0.717, 1.165) is 30.6 Å². The van der Waals surface area contributed by atoms with Gasteiger partial charge in [-0.2, -0.15) is 0 Å². The maximum absolute atomic E-state index is 11.9. The molecule has 5 heteroatoms. The molecule has 0 saturated carbocycles. The van der Waals surface area contributed by atoms with Crippen LogP contribution >= 0.6 is 0 Å². The standard InChI is InChI=1S/C13H19NO3S/c1-11-4-6-12(7-5-11)10-18(15,16)14-9-13-3-2-8-17-13/h4-7,13-14H,2-3,8-10H2,1H3/t13-/m0/s1. The molecule has 1 fully saturated rings. The molecule has 0 amide bonds. The van der Waals surface area contributed by atoms with Gasteiger partial charge in [-0.05, 0) is 25.3 Å². The van der Waals surface area contributed by atoms with Gasteiger partial charge in [-0.25, -0.2) is 13.1 Å². The molecule has 2 rings (SSSR count). The summed E-state index contributed by atoms with van der Waals surface area (Å²) >= 11 is 0. The fourth-order valence-corrected chi connectivity index (χ4v) is 3.15. The first-order valence-electron chi connectivity index (χ1n) is 6.20. The van der Waals surface area contributed by atoms with Crippen LogP contribution in [0.1, 0.15) is 24.0 Å².